The molecule has 2 unspecified atom stereocenters. The van der Waals surface area contributed by atoms with Gasteiger partial charge in [-0.3, -0.25) is 4.79 Å². The molecule has 2 aliphatic rings. The first-order valence-electron chi connectivity index (χ1n) is 7.41. The molecule has 4 nitrogen and oxygen atoms in total. The summed E-state index contributed by atoms with van der Waals surface area (Å²) in [5.74, 6) is -0.0109. The Morgan fingerprint density at radius 3 is 2.86 bits per heavy atom. The Morgan fingerprint density at radius 2 is 2.14 bits per heavy atom. The molecule has 0 spiro atoms. The highest BCUT2D eigenvalue weighted by Crippen LogP contribution is 2.52. The lowest BCUT2D eigenvalue weighted by atomic mass is 9.65. The molecule has 1 saturated carbocycles. The zero-order valence-corrected chi connectivity index (χ0v) is 13.6. The van der Waals surface area contributed by atoms with Crippen LogP contribution in [0.15, 0.2) is 12.3 Å². The average molecular weight is 308 g/mol. The van der Waals surface area contributed by atoms with Gasteiger partial charge < -0.3 is 10.6 Å². The van der Waals surface area contributed by atoms with Gasteiger partial charge in [-0.1, -0.05) is 32.4 Å². The predicted molar refractivity (Wildman–Crippen MR) is 84.2 cm³/mol. The van der Waals surface area contributed by atoms with E-state index >= 15 is 0 Å². The number of nitrogens with zero attached hydrogens (tertiary/aromatic N) is 2. The van der Waals surface area contributed by atoms with Crippen molar-refractivity contribution in [3.8, 4) is 0 Å². The molecule has 1 aliphatic heterocycles. The fourth-order valence-electron chi connectivity index (χ4n) is 4.48. The van der Waals surface area contributed by atoms with E-state index < -0.39 is 0 Å². The van der Waals surface area contributed by atoms with Gasteiger partial charge in [-0.05, 0) is 36.2 Å². The van der Waals surface area contributed by atoms with Gasteiger partial charge in [-0.15, -0.1) is 0 Å². The van der Waals surface area contributed by atoms with Crippen LogP contribution in [-0.2, 0) is 0 Å². The number of halogens is 1. The minimum atomic E-state index is -0.0109. The summed E-state index contributed by atoms with van der Waals surface area (Å²) in [6.07, 6.45) is 4.75. The monoisotopic (exact) mass is 307 g/mol. The maximum atomic E-state index is 12.9. The van der Waals surface area contributed by atoms with E-state index in [9.17, 15) is 4.79 Å². The lowest BCUT2D eigenvalue weighted by Crippen LogP contribution is -2.38. The molecule has 114 valence electrons. The molecule has 1 amide bonds. The van der Waals surface area contributed by atoms with E-state index in [4.69, 9.17) is 17.3 Å². The lowest BCUT2D eigenvalue weighted by molar-refractivity contribution is 0.0709. The molecule has 1 saturated heterocycles. The van der Waals surface area contributed by atoms with Crippen LogP contribution in [0.4, 0.5) is 5.69 Å². The van der Waals surface area contributed by atoms with Crippen LogP contribution in [0.1, 0.15) is 50.4 Å². The Morgan fingerprint density at radius 1 is 1.43 bits per heavy atom. The van der Waals surface area contributed by atoms with E-state index in [1.54, 1.807) is 6.07 Å². The highest BCUT2D eigenvalue weighted by Gasteiger charge is 2.51. The van der Waals surface area contributed by atoms with E-state index in [0.717, 1.165) is 25.8 Å². The van der Waals surface area contributed by atoms with Crippen LogP contribution in [0.2, 0.25) is 5.15 Å². The number of rotatable bonds is 1. The second kappa shape index (κ2) is 4.60. The molecule has 1 aromatic rings. The summed E-state index contributed by atoms with van der Waals surface area (Å²) in [6.45, 7) is 7.68. The van der Waals surface area contributed by atoms with E-state index in [1.807, 2.05) is 4.90 Å². The number of fused-ring (bicyclic) bond motifs is 2. The van der Waals surface area contributed by atoms with Crippen molar-refractivity contribution in [2.45, 2.75) is 46.1 Å². The number of carbonyl (C=O) groups is 1. The van der Waals surface area contributed by atoms with Crippen LogP contribution < -0.4 is 5.73 Å². The summed E-state index contributed by atoms with van der Waals surface area (Å²) in [4.78, 5) is 18.8. The van der Waals surface area contributed by atoms with E-state index in [1.165, 1.54) is 6.20 Å². The summed E-state index contributed by atoms with van der Waals surface area (Å²) in [7, 11) is 0. The maximum Gasteiger partial charge on any atom is 0.256 e. The summed E-state index contributed by atoms with van der Waals surface area (Å²) in [6, 6.07) is 1.88. The Balaban J connectivity index is 1.91. The smallest absolute Gasteiger partial charge is 0.256 e. The molecule has 2 heterocycles. The molecule has 1 aromatic heterocycles. The molecule has 2 fully saturated rings. The molecular formula is C16H22ClN3O. The lowest BCUT2D eigenvalue weighted by Gasteiger charge is -2.39. The first kappa shape index (κ1) is 14.6. The molecule has 5 heteroatoms. The number of carbonyl (C=O) groups excluding carboxylic acids is 1. The number of hydrogen-bond donors (Lipinski definition) is 1. The topological polar surface area (TPSA) is 59.2 Å². The molecule has 1 aliphatic carbocycles. The standard InChI is InChI=1S/C16H22ClN3O/c1-15(2)5-10-6-16(3,8-15)9-20(10)14(21)11-4-13(17)19-7-12(11)18/h4,7,10H,5-6,8-9,18H2,1-3H3. The third-order valence-corrected chi connectivity index (χ3v) is 5.01. The third-order valence-electron chi connectivity index (χ3n) is 4.81. The molecular weight excluding hydrogens is 286 g/mol. The second-order valence-corrected chi connectivity index (χ2v) is 8.13. The van der Waals surface area contributed by atoms with Crippen LogP contribution in [0.25, 0.3) is 0 Å². The van der Waals surface area contributed by atoms with Gasteiger partial charge in [-0.25, -0.2) is 4.98 Å². The van der Waals surface area contributed by atoms with Crippen molar-refractivity contribution >= 4 is 23.2 Å². The number of nitrogens with two attached hydrogens (primary N) is 1. The van der Waals surface area contributed by atoms with Crippen molar-refractivity contribution in [3.05, 3.63) is 23.0 Å². The number of hydrogen-bond acceptors (Lipinski definition) is 3. The van der Waals surface area contributed by atoms with Gasteiger partial charge in [0.25, 0.3) is 5.91 Å². The summed E-state index contributed by atoms with van der Waals surface area (Å²) in [5, 5.41) is 0.307. The fraction of sp³-hybridized carbons (Fsp3) is 0.625. The molecule has 3 rings (SSSR count). The Labute approximate surface area is 130 Å². The molecule has 2 bridgehead atoms. The summed E-state index contributed by atoms with van der Waals surface area (Å²) >= 11 is 5.91. The normalized spacial score (nSPS) is 30.5. The zero-order valence-electron chi connectivity index (χ0n) is 12.8. The van der Waals surface area contributed by atoms with Crippen molar-refractivity contribution in [1.82, 2.24) is 9.88 Å². The van der Waals surface area contributed by atoms with Gasteiger partial charge in [0.1, 0.15) is 5.15 Å². The molecule has 0 aromatic carbocycles. The number of anilines is 1. The molecule has 2 atom stereocenters. The van der Waals surface area contributed by atoms with Crippen molar-refractivity contribution in [2.24, 2.45) is 10.8 Å². The Hall–Kier alpha value is -1.29. The minimum absolute atomic E-state index is 0.0109. The molecule has 0 radical (unpaired) electrons. The molecule has 2 N–H and O–H groups in total. The molecule has 21 heavy (non-hydrogen) atoms. The van der Waals surface area contributed by atoms with Gasteiger partial charge in [0, 0.05) is 12.6 Å². The summed E-state index contributed by atoms with van der Waals surface area (Å²) < 4.78 is 0. The first-order valence-corrected chi connectivity index (χ1v) is 7.79. The first-order chi connectivity index (χ1) is 9.69. The average Bonchev–Trinajstić information content (AvgIpc) is 2.61. The predicted octanol–water partition coefficient (Wildman–Crippen LogP) is 3.36. The highest BCUT2D eigenvalue weighted by atomic mass is 35.5. The van der Waals surface area contributed by atoms with Gasteiger partial charge in [0.2, 0.25) is 0 Å². The highest BCUT2D eigenvalue weighted by molar-refractivity contribution is 6.29. The van der Waals surface area contributed by atoms with Crippen molar-refractivity contribution in [2.75, 3.05) is 12.3 Å². The van der Waals surface area contributed by atoms with Crippen LogP contribution in [0.3, 0.4) is 0 Å². The number of nitrogen functional groups attached to an aromatic ring is 1. The maximum absolute atomic E-state index is 12.9. The van der Waals surface area contributed by atoms with Gasteiger partial charge in [0.05, 0.1) is 17.4 Å². The van der Waals surface area contributed by atoms with E-state index in [-0.39, 0.29) is 16.7 Å². The summed E-state index contributed by atoms with van der Waals surface area (Å²) in [5.41, 5.74) is 7.29. The Bertz CT molecular complexity index is 601. The van der Waals surface area contributed by atoms with Crippen molar-refractivity contribution in [1.29, 1.82) is 0 Å². The van der Waals surface area contributed by atoms with Crippen molar-refractivity contribution in [3.63, 3.8) is 0 Å². The number of aromatic nitrogens is 1. The number of pyridine rings is 1. The minimum Gasteiger partial charge on any atom is -0.397 e. The van der Waals surface area contributed by atoms with E-state index in [0.29, 0.717) is 22.4 Å². The van der Waals surface area contributed by atoms with Gasteiger partial charge >= 0.3 is 0 Å². The number of likely N-dealkylation sites (tertiary alicyclic amines) is 1. The largest absolute Gasteiger partial charge is 0.397 e. The zero-order chi connectivity index (χ0) is 15.4. The number of amides is 1. The van der Waals surface area contributed by atoms with E-state index in [2.05, 4.69) is 25.8 Å². The quantitative estimate of drug-likeness (QED) is 0.809. The van der Waals surface area contributed by atoms with Crippen molar-refractivity contribution < 1.29 is 4.79 Å². The second-order valence-electron chi connectivity index (χ2n) is 7.74. The fourth-order valence-corrected chi connectivity index (χ4v) is 4.64. The van der Waals surface area contributed by atoms with Crippen LogP contribution in [0, 0.1) is 10.8 Å². The van der Waals surface area contributed by atoms with Gasteiger partial charge in [0.15, 0.2) is 0 Å². The van der Waals surface area contributed by atoms with Crippen LogP contribution >= 0.6 is 11.6 Å². The van der Waals surface area contributed by atoms with Crippen LogP contribution in [0.5, 0.6) is 0 Å². The van der Waals surface area contributed by atoms with Gasteiger partial charge in [-0.2, -0.15) is 0 Å². The Kier molecular flexibility index (Phi) is 3.21. The third kappa shape index (κ3) is 2.61. The van der Waals surface area contributed by atoms with Crippen LogP contribution in [-0.4, -0.2) is 28.4 Å². The SMILES string of the molecule is CC1(C)CC2CC(C)(CN2C(=O)c2cc(Cl)ncc2N)C1.